The molecule has 1 heterocycles. The minimum Gasteiger partial charge on any atom is -0.490 e. The highest BCUT2D eigenvalue weighted by molar-refractivity contribution is 7.10. The maximum absolute atomic E-state index is 10.8. The van der Waals surface area contributed by atoms with Gasteiger partial charge in [-0.3, -0.25) is 10.1 Å². The highest BCUT2D eigenvalue weighted by atomic mass is 35.5. The van der Waals surface area contributed by atoms with Crippen molar-refractivity contribution in [2.45, 2.75) is 6.61 Å². The predicted molar refractivity (Wildman–Crippen MR) is 68.9 cm³/mol. The van der Waals surface area contributed by atoms with E-state index in [0.717, 1.165) is 11.5 Å². The molecule has 0 spiro atoms. The van der Waals surface area contributed by atoms with Crippen LogP contribution in [0, 0.1) is 10.1 Å². The number of benzene rings is 1. The first-order chi connectivity index (χ1) is 9.11. The first kappa shape index (κ1) is 13.5. The molecule has 2 rings (SSSR count). The molecule has 0 saturated heterocycles. The van der Waals surface area contributed by atoms with Gasteiger partial charge in [0.2, 0.25) is 0 Å². The second-order valence-electron chi connectivity index (χ2n) is 3.37. The van der Waals surface area contributed by atoms with Crippen LogP contribution in [0.25, 0.3) is 0 Å². The first-order valence-corrected chi connectivity index (χ1v) is 6.19. The Morgan fingerprint density at radius 2 is 2.32 bits per heavy atom. The molecule has 19 heavy (non-hydrogen) atoms. The van der Waals surface area contributed by atoms with Crippen molar-refractivity contribution in [1.82, 2.24) is 9.59 Å². The van der Waals surface area contributed by atoms with Gasteiger partial charge < -0.3 is 9.47 Å². The number of rotatable bonds is 5. The molecule has 0 aliphatic carbocycles. The van der Waals surface area contributed by atoms with Gasteiger partial charge in [0.15, 0.2) is 5.75 Å². The zero-order chi connectivity index (χ0) is 13.8. The highest BCUT2D eigenvalue weighted by Crippen LogP contribution is 2.31. The topological polar surface area (TPSA) is 87.4 Å². The Balaban J connectivity index is 2.15. The van der Waals surface area contributed by atoms with E-state index in [0.29, 0.717) is 15.8 Å². The molecule has 0 N–H and O–H groups in total. The van der Waals surface area contributed by atoms with Crippen molar-refractivity contribution in [3.05, 3.63) is 38.3 Å². The maximum atomic E-state index is 10.8. The monoisotopic (exact) mass is 301 g/mol. The zero-order valence-electron chi connectivity index (χ0n) is 9.70. The van der Waals surface area contributed by atoms with E-state index in [4.69, 9.17) is 21.1 Å². The molecule has 1 aromatic carbocycles. The van der Waals surface area contributed by atoms with Gasteiger partial charge in [-0.1, -0.05) is 16.1 Å². The molecule has 1 aromatic heterocycles. The molecule has 0 fully saturated rings. The zero-order valence-corrected chi connectivity index (χ0v) is 11.3. The largest absolute Gasteiger partial charge is 0.490 e. The average Bonchev–Trinajstić information content (AvgIpc) is 2.81. The lowest BCUT2D eigenvalue weighted by molar-refractivity contribution is -0.385. The first-order valence-electron chi connectivity index (χ1n) is 5.03. The lowest BCUT2D eigenvalue weighted by atomic mass is 10.3. The van der Waals surface area contributed by atoms with Gasteiger partial charge in [-0.15, -0.1) is 5.10 Å². The van der Waals surface area contributed by atoms with Crippen molar-refractivity contribution < 1.29 is 14.4 Å². The highest BCUT2D eigenvalue weighted by Gasteiger charge is 2.16. The van der Waals surface area contributed by atoms with E-state index in [1.54, 1.807) is 6.07 Å². The van der Waals surface area contributed by atoms with Gasteiger partial charge in [0.05, 0.1) is 18.1 Å². The van der Waals surface area contributed by atoms with Crippen LogP contribution in [0.4, 0.5) is 5.69 Å². The second kappa shape index (κ2) is 5.81. The van der Waals surface area contributed by atoms with E-state index in [9.17, 15) is 10.1 Å². The third-order valence-corrected chi connectivity index (χ3v) is 3.22. The molecule has 0 amide bonds. The minimum atomic E-state index is -0.539. The van der Waals surface area contributed by atoms with Crippen LogP contribution in [0.3, 0.4) is 0 Å². The van der Waals surface area contributed by atoms with Crippen molar-refractivity contribution in [3.8, 4) is 11.5 Å². The number of aromatic nitrogens is 2. The summed E-state index contributed by atoms with van der Waals surface area (Å²) in [5.41, 5.74) is 0.327. The summed E-state index contributed by atoms with van der Waals surface area (Å²) in [6.07, 6.45) is 0. The summed E-state index contributed by atoms with van der Waals surface area (Å²) in [5.74, 6) is 0.502. The van der Waals surface area contributed by atoms with Gasteiger partial charge in [-0.05, 0) is 12.1 Å². The Bertz CT molecular complexity index is 604. The van der Waals surface area contributed by atoms with E-state index in [1.165, 1.54) is 19.2 Å². The standard InChI is InChI=1S/C10H8ClN3O4S/c1-17-9-3-2-6(4-8(9)14(15)16)18-5-7-10(11)19-13-12-7/h2-4H,5H2,1H3. The van der Waals surface area contributed by atoms with Crippen molar-refractivity contribution in [1.29, 1.82) is 0 Å². The van der Waals surface area contributed by atoms with Crippen molar-refractivity contribution in [2.24, 2.45) is 0 Å². The number of hydrogen-bond donors (Lipinski definition) is 0. The summed E-state index contributed by atoms with van der Waals surface area (Å²) in [5, 5.41) is 14.6. The molecule has 0 unspecified atom stereocenters. The Labute approximate surface area is 117 Å². The van der Waals surface area contributed by atoms with Crippen LogP contribution in [0.15, 0.2) is 18.2 Å². The molecular formula is C10H8ClN3O4S. The number of ether oxygens (including phenoxy) is 2. The van der Waals surface area contributed by atoms with Crippen LogP contribution in [0.1, 0.15) is 5.69 Å². The van der Waals surface area contributed by atoms with Gasteiger partial charge in [-0.2, -0.15) is 0 Å². The van der Waals surface area contributed by atoms with Crippen molar-refractivity contribution in [2.75, 3.05) is 7.11 Å². The fraction of sp³-hybridized carbons (Fsp3) is 0.200. The Kier molecular flexibility index (Phi) is 4.13. The van der Waals surface area contributed by atoms with Gasteiger partial charge in [0.1, 0.15) is 22.4 Å². The molecule has 0 atom stereocenters. The van der Waals surface area contributed by atoms with Gasteiger partial charge >= 0.3 is 5.69 Å². The van der Waals surface area contributed by atoms with E-state index in [1.807, 2.05) is 0 Å². The molecular weight excluding hydrogens is 294 g/mol. The SMILES string of the molecule is COc1ccc(OCc2nnsc2Cl)cc1[N+](=O)[O-]. The third kappa shape index (κ3) is 3.09. The third-order valence-electron chi connectivity index (χ3n) is 2.23. The molecule has 0 bridgehead atoms. The summed E-state index contributed by atoms with van der Waals surface area (Å²) in [4.78, 5) is 10.3. The van der Waals surface area contributed by atoms with E-state index in [-0.39, 0.29) is 18.0 Å². The van der Waals surface area contributed by atoms with E-state index >= 15 is 0 Å². The quantitative estimate of drug-likeness (QED) is 0.623. The fourth-order valence-electron chi connectivity index (χ4n) is 1.34. The summed E-state index contributed by atoms with van der Waals surface area (Å²) in [6.45, 7) is 0.0960. The lowest BCUT2D eigenvalue weighted by Crippen LogP contribution is -1.99. The molecule has 0 aliphatic heterocycles. The Morgan fingerprint density at radius 3 is 2.89 bits per heavy atom. The Morgan fingerprint density at radius 1 is 1.53 bits per heavy atom. The lowest BCUT2D eigenvalue weighted by Gasteiger charge is -2.06. The Hall–Kier alpha value is -1.93. The van der Waals surface area contributed by atoms with Crippen LogP contribution in [0.5, 0.6) is 11.5 Å². The fourth-order valence-corrected chi connectivity index (χ4v) is 1.94. The summed E-state index contributed by atoms with van der Waals surface area (Å²) >= 11 is 6.87. The number of hydrogen-bond acceptors (Lipinski definition) is 7. The van der Waals surface area contributed by atoms with Gasteiger partial charge in [-0.25, -0.2) is 0 Å². The van der Waals surface area contributed by atoms with Crippen molar-refractivity contribution in [3.63, 3.8) is 0 Å². The molecule has 0 saturated carbocycles. The minimum absolute atomic E-state index is 0.0960. The number of nitro groups is 1. The van der Waals surface area contributed by atoms with Crippen LogP contribution in [0.2, 0.25) is 4.34 Å². The molecule has 9 heteroatoms. The molecule has 0 aliphatic rings. The number of nitrogens with zero attached hydrogens (tertiary/aromatic N) is 3. The number of methoxy groups -OCH3 is 1. The number of halogens is 1. The maximum Gasteiger partial charge on any atom is 0.314 e. The molecule has 7 nitrogen and oxygen atoms in total. The normalized spacial score (nSPS) is 10.2. The van der Waals surface area contributed by atoms with Crippen molar-refractivity contribution >= 4 is 28.8 Å². The molecule has 100 valence electrons. The smallest absolute Gasteiger partial charge is 0.314 e. The molecule has 0 radical (unpaired) electrons. The average molecular weight is 302 g/mol. The van der Waals surface area contributed by atoms with Crippen LogP contribution in [-0.2, 0) is 6.61 Å². The van der Waals surface area contributed by atoms with E-state index < -0.39 is 4.92 Å². The predicted octanol–water partition coefficient (Wildman–Crippen LogP) is 2.69. The number of nitro benzene ring substituents is 1. The summed E-state index contributed by atoms with van der Waals surface area (Å²) in [6, 6.07) is 4.32. The van der Waals surface area contributed by atoms with Crippen LogP contribution >= 0.6 is 23.1 Å². The van der Waals surface area contributed by atoms with Crippen LogP contribution < -0.4 is 9.47 Å². The molecule has 2 aromatic rings. The van der Waals surface area contributed by atoms with Crippen LogP contribution in [-0.4, -0.2) is 21.6 Å². The second-order valence-corrected chi connectivity index (χ2v) is 4.73. The van der Waals surface area contributed by atoms with Gasteiger partial charge in [0, 0.05) is 11.5 Å². The summed E-state index contributed by atoms with van der Waals surface area (Å²) in [7, 11) is 1.36. The van der Waals surface area contributed by atoms with Gasteiger partial charge in [0.25, 0.3) is 0 Å². The van der Waals surface area contributed by atoms with E-state index in [2.05, 4.69) is 9.59 Å². The summed E-state index contributed by atoms with van der Waals surface area (Å²) < 4.78 is 14.4.